The number of unbranched alkanes of at least 4 members (excludes halogenated alkanes) is 12. The molecule has 0 bridgehead atoms. The lowest BCUT2D eigenvalue weighted by Gasteiger charge is -2.25. The van der Waals surface area contributed by atoms with Crippen LogP contribution in [0.4, 0.5) is 0 Å². The van der Waals surface area contributed by atoms with E-state index < -0.39 is 0 Å². The number of rotatable bonds is 20. The molecule has 1 aromatic carbocycles. The molecular formula is C34H62. The highest BCUT2D eigenvalue weighted by molar-refractivity contribution is 5.39. The van der Waals surface area contributed by atoms with Gasteiger partial charge in [0, 0.05) is 0 Å². The Kier molecular flexibility index (Phi) is 17.0. The molecule has 0 aromatic heterocycles. The summed E-state index contributed by atoms with van der Waals surface area (Å²) in [5.74, 6) is 1.74. The third-order valence-electron chi connectivity index (χ3n) is 7.52. The largest absolute Gasteiger partial charge is 0.0628 e. The van der Waals surface area contributed by atoms with Crippen molar-refractivity contribution >= 4 is 0 Å². The normalized spacial score (nSPS) is 12.3. The van der Waals surface area contributed by atoms with E-state index in [2.05, 4.69) is 66.7 Å². The van der Waals surface area contributed by atoms with Gasteiger partial charge >= 0.3 is 0 Å². The van der Waals surface area contributed by atoms with Crippen molar-refractivity contribution in [3.8, 4) is 0 Å². The minimum atomic E-state index is 0.248. The minimum Gasteiger partial charge on any atom is -0.0628 e. The fourth-order valence-corrected chi connectivity index (χ4v) is 5.36. The minimum absolute atomic E-state index is 0.248. The second-order valence-corrected chi connectivity index (χ2v) is 13.0. The Balaban J connectivity index is 2.39. The van der Waals surface area contributed by atoms with Gasteiger partial charge in [0.1, 0.15) is 0 Å². The SMILES string of the molecule is CC(C)CCCCCCCCCc1cccc(C(C)(C)C)c1CCCCCCCCCC(C)C. The third-order valence-corrected chi connectivity index (χ3v) is 7.52. The van der Waals surface area contributed by atoms with Gasteiger partial charge < -0.3 is 0 Å². The lowest BCUT2D eigenvalue weighted by molar-refractivity contribution is 0.507. The Morgan fingerprint density at radius 1 is 0.529 bits per heavy atom. The van der Waals surface area contributed by atoms with E-state index in [-0.39, 0.29) is 5.41 Å². The van der Waals surface area contributed by atoms with Crippen molar-refractivity contribution in [2.24, 2.45) is 11.8 Å². The Labute approximate surface area is 216 Å². The van der Waals surface area contributed by atoms with Crippen molar-refractivity contribution in [2.45, 2.75) is 169 Å². The Morgan fingerprint density at radius 3 is 1.38 bits per heavy atom. The first-order chi connectivity index (χ1) is 16.2. The zero-order chi connectivity index (χ0) is 25.2. The van der Waals surface area contributed by atoms with Crippen LogP contribution in [0.3, 0.4) is 0 Å². The van der Waals surface area contributed by atoms with Crippen LogP contribution in [0, 0.1) is 11.8 Å². The molecule has 0 unspecified atom stereocenters. The molecule has 0 saturated heterocycles. The van der Waals surface area contributed by atoms with E-state index >= 15 is 0 Å². The molecule has 1 rings (SSSR count). The molecule has 1 aromatic rings. The van der Waals surface area contributed by atoms with Crippen molar-refractivity contribution in [1.29, 1.82) is 0 Å². The van der Waals surface area contributed by atoms with Gasteiger partial charge in [-0.2, -0.15) is 0 Å². The maximum Gasteiger partial charge on any atom is -0.0129 e. The van der Waals surface area contributed by atoms with E-state index in [4.69, 9.17) is 0 Å². The van der Waals surface area contributed by atoms with E-state index in [1.165, 1.54) is 116 Å². The maximum atomic E-state index is 2.44. The lowest BCUT2D eigenvalue weighted by Crippen LogP contribution is -2.16. The summed E-state index contributed by atoms with van der Waals surface area (Å²) in [5, 5.41) is 0. The molecule has 0 amide bonds. The van der Waals surface area contributed by atoms with Crippen molar-refractivity contribution in [3.63, 3.8) is 0 Å². The van der Waals surface area contributed by atoms with Crippen LogP contribution < -0.4 is 0 Å². The Hall–Kier alpha value is -0.780. The number of aryl methyl sites for hydroxylation is 1. The first kappa shape index (κ1) is 31.3. The van der Waals surface area contributed by atoms with Crippen molar-refractivity contribution in [1.82, 2.24) is 0 Å². The smallest absolute Gasteiger partial charge is 0.0129 e. The third kappa shape index (κ3) is 15.3. The van der Waals surface area contributed by atoms with Gasteiger partial charge in [-0.1, -0.05) is 157 Å². The number of hydrogen-bond donors (Lipinski definition) is 0. The highest BCUT2D eigenvalue weighted by Gasteiger charge is 2.19. The molecule has 0 aliphatic carbocycles. The summed E-state index contributed by atoms with van der Waals surface area (Å²) in [6.45, 7) is 16.6. The van der Waals surface area contributed by atoms with Crippen LogP contribution in [0.15, 0.2) is 18.2 Å². The molecule has 0 heterocycles. The highest BCUT2D eigenvalue weighted by atomic mass is 14.2. The monoisotopic (exact) mass is 470 g/mol. The van der Waals surface area contributed by atoms with Gasteiger partial charge in [-0.3, -0.25) is 0 Å². The van der Waals surface area contributed by atoms with Crippen LogP contribution in [0.25, 0.3) is 0 Å². The molecule has 0 atom stereocenters. The highest BCUT2D eigenvalue weighted by Crippen LogP contribution is 2.30. The van der Waals surface area contributed by atoms with Gasteiger partial charge in [-0.15, -0.1) is 0 Å². The molecular weight excluding hydrogens is 408 g/mol. The van der Waals surface area contributed by atoms with Gasteiger partial charge in [0.25, 0.3) is 0 Å². The van der Waals surface area contributed by atoms with E-state index in [9.17, 15) is 0 Å². The van der Waals surface area contributed by atoms with Crippen LogP contribution in [-0.4, -0.2) is 0 Å². The molecule has 0 saturated carbocycles. The number of benzene rings is 1. The number of hydrogen-bond acceptors (Lipinski definition) is 0. The fourth-order valence-electron chi connectivity index (χ4n) is 5.36. The second-order valence-electron chi connectivity index (χ2n) is 13.0. The first-order valence-corrected chi connectivity index (χ1v) is 15.3. The lowest BCUT2D eigenvalue weighted by atomic mass is 9.80. The van der Waals surface area contributed by atoms with Crippen molar-refractivity contribution in [3.05, 3.63) is 34.9 Å². The van der Waals surface area contributed by atoms with Crippen LogP contribution in [0.5, 0.6) is 0 Å². The van der Waals surface area contributed by atoms with Gasteiger partial charge in [-0.05, 0) is 59.6 Å². The topological polar surface area (TPSA) is 0 Å². The van der Waals surface area contributed by atoms with Gasteiger partial charge in [0.2, 0.25) is 0 Å². The predicted molar refractivity (Wildman–Crippen MR) is 156 cm³/mol. The zero-order valence-electron chi connectivity index (χ0n) is 24.6. The van der Waals surface area contributed by atoms with E-state index in [1.54, 1.807) is 16.7 Å². The summed E-state index contributed by atoms with van der Waals surface area (Å²) in [5.41, 5.74) is 5.19. The molecule has 0 fully saturated rings. The second kappa shape index (κ2) is 18.5. The van der Waals surface area contributed by atoms with Crippen molar-refractivity contribution in [2.75, 3.05) is 0 Å². The van der Waals surface area contributed by atoms with Crippen LogP contribution in [-0.2, 0) is 18.3 Å². The van der Waals surface area contributed by atoms with Crippen LogP contribution >= 0.6 is 0 Å². The van der Waals surface area contributed by atoms with Gasteiger partial charge in [0.05, 0.1) is 0 Å². The molecule has 198 valence electrons. The average Bonchev–Trinajstić information content (AvgIpc) is 2.76. The summed E-state index contributed by atoms with van der Waals surface area (Å²) < 4.78 is 0. The Bertz CT molecular complexity index is 601. The maximum absolute atomic E-state index is 2.44. The van der Waals surface area contributed by atoms with E-state index in [0.29, 0.717) is 0 Å². The summed E-state index contributed by atoms with van der Waals surface area (Å²) in [6, 6.07) is 7.17. The van der Waals surface area contributed by atoms with Gasteiger partial charge in [-0.25, -0.2) is 0 Å². The molecule has 34 heavy (non-hydrogen) atoms. The van der Waals surface area contributed by atoms with Crippen LogP contribution in [0.1, 0.15) is 168 Å². The molecule has 0 aliphatic heterocycles. The summed E-state index contributed by atoms with van der Waals surface area (Å²) in [4.78, 5) is 0. The fraction of sp³-hybridized carbons (Fsp3) is 0.824. The van der Waals surface area contributed by atoms with E-state index in [0.717, 1.165) is 11.8 Å². The molecule has 0 nitrogen and oxygen atoms in total. The molecule has 0 aliphatic rings. The van der Waals surface area contributed by atoms with Gasteiger partial charge in [0.15, 0.2) is 0 Å². The molecule has 0 spiro atoms. The first-order valence-electron chi connectivity index (χ1n) is 15.3. The van der Waals surface area contributed by atoms with E-state index in [1.807, 2.05) is 0 Å². The molecule has 0 N–H and O–H groups in total. The zero-order valence-corrected chi connectivity index (χ0v) is 24.6. The molecule has 0 heteroatoms. The molecule has 0 radical (unpaired) electrons. The Morgan fingerprint density at radius 2 is 0.941 bits per heavy atom. The summed E-state index contributed by atoms with van der Waals surface area (Å²) in [7, 11) is 0. The summed E-state index contributed by atoms with van der Waals surface area (Å²) in [6.07, 6.45) is 25.2. The van der Waals surface area contributed by atoms with Crippen molar-refractivity contribution < 1.29 is 0 Å². The quantitative estimate of drug-likeness (QED) is 0.166. The summed E-state index contributed by atoms with van der Waals surface area (Å²) >= 11 is 0. The van der Waals surface area contributed by atoms with Crippen LogP contribution in [0.2, 0.25) is 0 Å². The average molecular weight is 471 g/mol. The standard InChI is InChI=1S/C34H62/c1-29(2)23-18-14-10-8-12-16-20-25-31-26-22-28-33(34(5,6)7)32(31)27-21-17-13-9-11-15-19-24-30(3)4/h22,26,28-30H,8-21,23-25,27H2,1-7H3. The predicted octanol–water partition coefficient (Wildman–Crippen LogP) is 11.6.